The van der Waals surface area contributed by atoms with E-state index in [1.807, 2.05) is 6.92 Å². The van der Waals surface area contributed by atoms with Gasteiger partial charge in [0.15, 0.2) is 0 Å². The fourth-order valence-corrected chi connectivity index (χ4v) is 1.52. The van der Waals surface area contributed by atoms with Gasteiger partial charge in [-0.15, -0.1) is 0 Å². The standard InChI is InChI=1S/C8H16N2O2/c1-6(7(11)12)10-8(2)3-4-9-5-8/h6,9-10H,3-5H2,1-2H3,(H,11,12). The fourth-order valence-electron chi connectivity index (χ4n) is 1.52. The van der Waals surface area contributed by atoms with E-state index in [4.69, 9.17) is 5.11 Å². The molecule has 0 aromatic carbocycles. The molecule has 0 aliphatic carbocycles. The summed E-state index contributed by atoms with van der Waals surface area (Å²) in [4.78, 5) is 10.5. The molecule has 1 saturated heterocycles. The summed E-state index contributed by atoms with van der Waals surface area (Å²) < 4.78 is 0. The van der Waals surface area contributed by atoms with Gasteiger partial charge in [-0.25, -0.2) is 0 Å². The Morgan fingerprint density at radius 3 is 2.83 bits per heavy atom. The Kier molecular flexibility index (Phi) is 2.69. The number of hydrogen-bond acceptors (Lipinski definition) is 3. The van der Waals surface area contributed by atoms with Crippen LogP contribution in [0, 0.1) is 0 Å². The third-order valence-corrected chi connectivity index (χ3v) is 2.30. The van der Waals surface area contributed by atoms with Crippen LogP contribution < -0.4 is 10.6 Å². The van der Waals surface area contributed by atoms with Gasteiger partial charge < -0.3 is 10.4 Å². The van der Waals surface area contributed by atoms with Crippen molar-refractivity contribution in [3.05, 3.63) is 0 Å². The monoisotopic (exact) mass is 172 g/mol. The molecule has 0 spiro atoms. The summed E-state index contributed by atoms with van der Waals surface area (Å²) in [5.74, 6) is -0.789. The minimum atomic E-state index is -0.789. The first kappa shape index (κ1) is 9.48. The van der Waals surface area contributed by atoms with Gasteiger partial charge in [-0.05, 0) is 26.8 Å². The highest BCUT2D eigenvalue weighted by molar-refractivity contribution is 5.72. The second-order valence-electron chi connectivity index (χ2n) is 3.69. The zero-order valence-corrected chi connectivity index (χ0v) is 7.55. The predicted molar refractivity (Wildman–Crippen MR) is 46.1 cm³/mol. The number of rotatable bonds is 3. The molecule has 4 heteroatoms. The van der Waals surface area contributed by atoms with Crippen molar-refractivity contribution in [2.45, 2.75) is 31.8 Å². The summed E-state index contributed by atoms with van der Waals surface area (Å²) in [6, 6.07) is -0.463. The molecule has 1 rings (SSSR count). The van der Waals surface area contributed by atoms with Crippen molar-refractivity contribution in [3.8, 4) is 0 Å². The molecule has 2 unspecified atom stereocenters. The smallest absolute Gasteiger partial charge is 0.320 e. The highest BCUT2D eigenvalue weighted by atomic mass is 16.4. The maximum absolute atomic E-state index is 10.5. The van der Waals surface area contributed by atoms with E-state index in [0.717, 1.165) is 19.5 Å². The van der Waals surface area contributed by atoms with Crippen molar-refractivity contribution < 1.29 is 9.90 Å². The first-order valence-electron chi connectivity index (χ1n) is 4.25. The van der Waals surface area contributed by atoms with Crippen LogP contribution in [0.15, 0.2) is 0 Å². The first-order chi connectivity index (χ1) is 5.53. The lowest BCUT2D eigenvalue weighted by atomic mass is 10.0. The SMILES string of the molecule is CC(NC1(C)CCNC1)C(=O)O. The van der Waals surface area contributed by atoms with Gasteiger partial charge in [0.1, 0.15) is 6.04 Å². The van der Waals surface area contributed by atoms with E-state index in [1.54, 1.807) is 6.92 Å². The van der Waals surface area contributed by atoms with Crippen LogP contribution in [0.3, 0.4) is 0 Å². The van der Waals surface area contributed by atoms with Gasteiger partial charge >= 0.3 is 5.97 Å². The van der Waals surface area contributed by atoms with Gasteiger partial charge in [-0.2, -0.15) is 0 Å². The van der Waals surface area contributed by atoms with E-state index in [-0.39, 0.29) is 5.54 Å². The van der Waals surface area contributed by atoms with Crippen molar-refractivity contribution in [2.75, 3.05) is 13.1 Å². The fraction of sp³-hybridized carbons (Fsp3) is 0.875. The highest BCUT2D eigenvalue weighted by Crippen LogP contribution is 2.13. The molecule has 1 heterocycles. The average molecular weight is 172 g/mol. The lowest BCUT2D eigenvalue weighted by molar-refractivity contribution is -0.139. The van der Waals surface area contributed by atoms with Gasteiger partial charge in [0, 0.05) is 12.1 Å². The Morgan fingerprint density at radius 2 is 2.42 bits per heavy atom. The molecule has 1 aliphatic rings. The lowest BCUT2D eigenvalue weighted by Gasteiger charge is -2.26. The van der Waals surface area contributed by atoms with Gasteiger partial charge in [0.05, 0.1) is 0 Å². The van der Waals surface area contributed by atoms with Crippen molar-refractivity contribution in [1.29, 1.82) is 0 Å². The van der Waals surface area contributed by atoms with Gasteiger partial charge in [-0.1, -0.05) is 0 Å². The van der Waals surface area contributed by atoms with Crippen molar-refractivity contribution in [3.63, 3.8) is 0 Å². The third-order valence-electron chi connectivity index (χ3n) is 2.30. The molecule has 1 fully saturated rings. The number of carboxylic acids is 1. The molecular weight excluding hydrogens is 156 g/mol. The lowest BCUT2D eigenvalue weighted by Crippen LogP contribution is -2.51. The first-order valence-corrected chi connectivity index (χ1v) is 4.25. The summed E-state index contributed by atoms with van der Waals surface area (Å²) in [6.07, 6.45) is 0.991. The van der Waals surface area contributed by atoms with Crippen LogP contribution in [-0.2, 0) is 4.79 Å². The largest absolute Gasteiger partial charge is 0.480 e. The molecule has 0 aromatic rings. The number of nitrogens with one attached hydrogen (secondary N) is 2. The van der Waals surface area contributed by atoms with Gasteiger partial charge in [0.2, 0.25) is 0 Å². The summed E-state index contributed by atoms with van der Waals surface area (Å²) in [5, 5.41) is 15.0. The second kappa shape index (κ2) is 3.41. The molecule has 0 radical (unpaired) electrons. The maximum Gasteiger partial charge on any atom is 0.320 e. The van der Waals surface area contributed by atoms with E-state index in [1.165, 1.54) is 0 Å². The Hall–Kier alpha value is -0.610. The third kappa shape index (κ3) is 2.19. The molecule has 0 amide bonds. The molecule has 70 valence electrons. The van der Waals surface area contributed by atoms with E-state index in [0.29, 0.717) is 0 Å². The van der Waals surface area contributed by atoms with Crippen LogP contribution in [0.25, 0.3) is 0 Å². The molecule has 12 heavy (non-hydrogen) atoms. The Morgan fingerprint density at radius 1 is 1.75 bits per heavy atom. The molecule has 1 aliphatic heterocycles. The summed E-state index contributed by atoms with van der Waals surface area (Å²) >= 11 is 0. The maximum atomic E-state index is 10.5. The summed E-state index contributed by atoms with van der Waals surface area (Å²) in [5.41, 5.74) is -0.0438. The van der Waals surface area contributed by atoms with Crippen LogP contribution >= 0.6 is 0 Å². The van der Waals surface area contributed by atoms with Crippen molar-refractivity contribution in [2.24, 2.45) is 0 Å². The van der Waals surface area contributed by atoms with Crippen molar-refractivity contribution in [1.82, 2.24) is 10.6 Å². The minimum Gasteiger partial charge on any atom is -0.480 e. The van der Waals surface area contributed by atoms with Crippen LogP contribution in [-0.4, -0.2) is 35.7 Å². The quantitative estimate of drug-likeness (QED) is 0.552. The molecule has 0 saturated carbocycles. The molecule has 2 atom stereocenters. The highest BCUT2D eigenvalue weighted by Gasteiger charge is 2.31. The van der Waals surface area contributed by atoms with Crippen molar-refractivity contribution >= 4 is 5.97 Å². The van der Waals surface area contributed by atoms with Crippen LogP contribution in [0.1, 0.15) is 20.3 Å². The number of hydrogen-bond donors (Lipinski definition) is 3. The Bertz CT molecular complexity index is 176. The molecule has 3 N–H and O–H groups in total. The average Bonchev–Trinajstić information content (AvgIpc) is 2.35. The number of aliphatic carboxylic acids is 1. The zero-order valence-electron chi connectivity index (χ0n) is 7.55. The van der Waals surface area contributed by atoms with E-state index in [9.17, 15) is 4.79 Å². The number of carbonyl (C=O) groups is 1. The Labute approximate surface area is 72.3 Å². The van der Waals surface area contributed by atoms with E-state index >= 15 is 0 Å². The molecular formula is C8H16N2O2. The van der Waals surface area contributed by atoms with E-state index < -0.39 is 12.0 Å². The van der Waals surface area contributed by atoms with Crippen LogP contribution in [0.5, 0.6) is 0 Å². The van der Waals surface area contributed by atoms with Crippen LogP contribution in [0.4, 0.5) is 0 Å². The van der Waals surface area contributed by atoms with E-state index in [2.05, 4.69) is 10.6 Å². The van der Waals surface area contributed by atoms with Crippen LogP contribution in [0.2, 0.25) is 0 Å². The minimum absolute atomic E-state index is 0.0438. The second-order valence-corrected chi connectivity index (χ2v) is 3.69. The molecule has 0 bridgehead atoms. The van der Waals surface area contributed by atoms with Gasteiger partial charge in [-0.3, -0.25) is 10.1 Å². The predicted octanol–water partition coefficient (Wildman–Crippen LogP) is -0.199. The summed E-state index contributed by atoms with van der Waals surface area (Å²) in [6.45, 7) is 5.54. The molecule has 4 nitrogen and oxygen atoms in total. The molecule has 0 aromatic heterocycles. The topological polar surface area (TPSA) is 61.4 Å². The Balaban J connectivity index is 2.43. The number of carboxylic acid groups (broad SMARTS) is 1. The van der Waals surface area contributed by atoms with Gasteiger partial charge in [0.25, 0.3) is 0 Å². The zero-order chi connectivity index (χ0) is 9.19. The normalized spacial score (nSPS) is 31.8. The summed E-state index contributed by atoms with van der Waals surface area (Å²) in [7, 11) is 0.